The molecule has 0 aliphatic carbocycles. The molecule has 2 aliphatic rings. The number of ether oxygens (including phenoxy) is 1. The van der Waals surface area contributed by atoms with E-state index in [9.17, 15) is 9.59 Å². The molecule has 2 saturated heterocycles. The maximum absolute atomic E-state index is 11.8. The fraction of sp³-hybridized carbons (Fsp3) is 0.857. The number of nitrogens with one attached hydrogen (secondary N) is 1. The summed E-state index contributed by atoms with van der Waals surface area (Å²) in [6.45, 7) is 3.59. The highest BCUT2D eigenvalue weighted by Gasteiger charge is 2.19. The van der Waals surface area contributed by atoms with Crippen molar-refractivity contribution in [3.63, 3.8) is 0 Å². The van der Waals surface area contributed by atoms with Gasteiger partial charge >= 0.3 is 0 Å². The lowest BCUT2D eigenvalue weighted by atomic mass is 9.98. The average molecular weight is 268 g/mol. The highest BCUT2D eigenvalue weighted by atomic mass is 16.5. The van der Waals surface area contributed by atoms with E-state index < -0.39 is 0 Å². The van der Waals surface area contributed by atoms with Gasteiger partial charge in [0, 0.05) is 45.7 Å². The first-order valence-electron chi connectivity index (χ1n) is 7.38. The number of carbonyl (C=O) groups is 2. The summed E-state index contributed by atoms with van der Waals surface area (Å²) < 4.78 is 5.36. The fourth-order valence-corrected chi connectivity index (χ4v) is 2.73. The molecule has 2 amide bonds. The van der Waals surface area contributed by atoms with Crippen LogP contribution in [-0.4, -0.2) is 49.6 Å². The molecule has 5 nitrogen and oxygen atoms in total. The summed E-state index contributed by atoms with van der Waals surface area (Å²) in [4.78, 5) is 25.2. The Morgan fingerprint density at radius 1 is 1.37 bits per heavy atom. The van der Waals surface area contributed by atoms with Crippen LogP contribution in [0.3, 0.4) is 0 Å². The van der Waals surface area contributed by atoms with Crippen molar-refractivity contribution in [2.45, 2.75) is 38.5 Å². The van der Waals surface area contributed by atoms with Gasteiger partial charge in [0.05, 0.1) is 0 Å². The molecule has 0 aromatic rings. The van der Waals surface area contributed by atoms with E-state index in [-0.39, 0.29) is 11.8 Å². The molecule has 0 aromatic heterocycles. The van der Waals surface area contributed by atoms with E-state index in [0.29, 0.717) is 38.5 Å². The molecule has 2 fully saturated rings. The Labute approximate surface area is 114 Å². The third-order valence-electron chi connectivity index (χ3n) is 3.85. The normalized spacial score (nSPS) is 24.3. The molecule has 0 saturated carbocycles. The first-order chi connectivity index (χ1) is 9.25. The Morgan fingerprint density at radius 3 is 3.00 bits per heavy atom. The Balaban J connectivity index is 1.59. The lowest BCUT2D eigenvalue weighted by Crippen LogP contribution is -2.41. The number of likely N-dealkylation sites (tertiary alicyclic amines) is 1. The molecule has 0 radical (unpaired) electrons. The van der Waals surface area contributed by atoms with Crippen molar-refractivity contribution in [1.29, 1.82) is 0 Å². The summed E-state index contributed by atoms with van der Waals surface area (Å²) in [5.41, 5.74) is 0. The monoisotopic (exact) mass is 268 g/mol. The molecular formula is C14H24N2O3. The van der Waals surface area contributed by atoms with Crippen LogP contribution < -0.4 is 5.32 Å². The molecule has 1 N–H and O–H groups in total. The maximum Gasteiger partial charge on any atom is 0.222 e. The predicted molar refractivity (Wildman–Crippen MR) is 71.6 cm³/mol. The van der Waals surface area contributed by atoms with Gasteiger partial charge in [0.1, 0.15) is 0 Å². The molecule has 5 heteroatoms. The standard InChI is InChI=1S/C14H24N2O3/c17-13(10-12-4-3-9-19-11-12)15-6-8-16-7-2-1-5-14(16)18/h12H,1-11H2,(H,15,17)/t12-/m0/s1. The number of carbonyl (C=O) groups excluding carboxylic acids is 2. The van der Waals surface area contributed by atoms with Crippen LogP contribution in [0.4, 0.5) is 0 Å². The van der Waals surface area contributed by atoms with E-state index in [1.54, 1.807) is 0 Å². The van der Waals surface area contributed by atoms with Gasteiger partial charge in [-0.1, -0.05) is 0 Å². The van der Waals surface area contributed by atoms with E-state index in [1.165, 1.54) is 0 Å². The second-order valence-corrected chi connectivity index (χ2v) is 5.48. The summed E-state index contributed by atoms with van der Waals surface area (Å²) >= 11 is 0. The van der Waals surface area contributed by atoms with E-state index in [2.05, 4.69) is 5.32 Å². The zero-order chi connectivity index (χ0) is 13.5. The first kappa shape index (κ1) is 14.3. The minimum Gasteiger partial charge on any atom is -0.381 e. The van der Waals surface area contributed by atoms with Gasteiger partial charge < -0.3 is 15.0 Å². The SMILES string of the molecule is O=C(C[C@@H]1CCCOC1)NCCN1CCCCC1=O. The van der Waals surface area contributed by atoms with Crippen molar-refractivity contribution in [3.05, 3.63) is 0 Å². The maximum atomic E-state index is 11.8. The number of nitrogens with zero attached hydrogens (tertiary/aromatic N) is 1. The summed E-state index contributed by atoms with van der Waals surface area (Å²) in [5.74, 6) is 0.673. The predicted octanol–water partition coefficient (Wildman–Crippen LogP) is 0.932. The van der Waals surface area contributed by atoms with E-state index in [4.69, 9.17) is 4.74 Å². The first-order valence-corrected chi connectivity index (χ1v) is 7.38. The van der Waals surface area contributed by atoms with Gasteiger partial charge in [0.2, 0.25) is 11.8 Å². The molecule has 2 aliphatic heterocycles. The van der Waals surface area contributed by atoms with Crippen molar-refractivity contribution in [3.8, 4) is 0 Å². The van der Waals surface area contributed by atoms with Gasteiger partial charge in [-0.3, -0.25) is 9.59 Å². The summed E-state index contributed by atoms with van der Waals surface area (Å²) in [6.07, 6.45) is 5.43. The molecular weight excluding hydrogens is 244 g/mol. The number of amides is 2. The minimum absolute atomic E-state index is 0.0833. The van der Waals surface area contributed by atoms with Crippen LogP contribution in [0.5, 0.6) is 0 Å². The smallest absolute Gasteiger partial charge is 0.222 e. The van der Waals surface area contributed by atoms with Gasteiger partial charge in [0.25, 0.3) is 0 Å². The highest BCUT2D eigenvalue weighted by molar-refractivity contribution is 5.77. The molecule has 0 spiro atoms. The number of piperidine rings is 1. The highest BCUT2D eigenvalue weighted by Crippen LogP contribution is 2.16. The third-order valence-corrected chi connectivity index (χ3v) is 3.85. The largest absolute Gasteiger partial charge is 0.381 e. The van der Waals surface area contributed by atoms with Crippen molar-refractivity contribution in [2.75, 3.05) is 32.8 Å². The second-order valence-electron chi connectivity index (χ2n) is 5.48. The van der Waals surface area contributed by atoms with Crippen LogP contribution in [0.2, 0.25) is 0 Å². The Hall–Kier alpha value is -1.10. The third kappa shape index (κ3) is 4.82. The van der Waals surface area contributed by atoms with Gasteiger partial charge in [-0.25, -0.2) is 0 Å². The summed E-state index contributed by atoms with van der Waals surface area (Å²) in [5, 5.41) is 2.91. The number of rotatable bonds is 5. The Morgan fingerprint density at radius 2 is 2.26 bits per heavy atom. The van der Waals surface area contributed by atoms with Crippen LogP contribution in [0, 0.1) is 5.92 Å². The average Bonchev–Trinajstić information content (AvgIpc) is 2.42. The Bertz CT molecular complexity index is 314. The quantitative estimate of drug-likeness (QED) is 0.807. The van der Waals surface area contributed by atoms with Crippen LogP contribution in [0.15, 0.2) is 0 Å². The molecule has 0 unspecified atom stereocenters. The zero-order valence-electron chi connectivity index (χ0n) is 11.5. The molecule has 2 heterocycles. The lowest BCUT2D eigenvalue weighted by Gasteiger charge is -2.27. The molecule has 19 heavy (non-hydrogen) atoms. The van der Waals surface area contributed by atoms with E-state index in [1.807, 2.05) is 4.90 Å². The van der Waals surface area contributed by atoms with Gasteiger partial charge in [-0.05, 0) is 31.6 Å². The van der Waals surface area contributed by atoms with E-state index >= 15 is 0 Å². The van der Waals surface area contributed by atoms with Crippen LogP contribution in [0.1, 0.15) is 38.5 Å². The molecule has 0 bridgehead atoms. The van der Waals surface area contributed by atoms with Gasteiger partial charge in [-0.2, -0.15) is 0 Å². The fourth-order valence-electron chi connectivity index (χ4n) is 2.73. The second kappa shape index (κ2) is 7.48. The molecule has 2 rings (SSSR count). The van der Waals surface area contributed by atoms with Crippen molar-refractivity contribution < 1.29 is 14.3 Å². The Kier molecular flexibility index (Phi) is 5.63. The van der Waals surface area contributed by atoms with Crippen LogP contribution in [0.25, 0.3) is 0 Å². The van der Waals surface area contributed by atoms with Crippen LogP contribution >= 0.6 is 0 Å². The summed E-state index contributed by atoms with van der Waals surface area (Å²) in [7, 11) is 0. The minimum atomic E-state index is 0.0833. The van der Waals surface area contributed by atoms with Crippen molar-refractivity contribution in [1.82, 2.24) is 10.2 Å². The van der Waals surface area contributed by atoms with E-state index in [0.717, 1.165) is 38.8 Å². The zero-order valence-corrected chi connectivity index (χ0v) is 11.5. The topological polar surface area (TPSA) is 58.6 Å². The van der Waals surface area contributed by atoms with Crippen molar-refractivity contribution in [2.24, 2.45) is 5.92 Å². The number of hydrogen-bond donors (Lipinski definition) is 1. The van der Waals surface area contributed by atoms with Crippen LogP contribution in [-0.2, 0) is 14.3 Å². The molecule has 0 aromatic carbocycles. The lowest BCUT2D eigenvalue weighted by molar-refractivity contribution is -0.133. The van der Waals surface area contributed by atoms with Gasteiger partial charge in [-0.15, -0.1) is 0 Å². The van der Waals surface area contributed by atoms with Gasteiger partial charge in [0.15, 0.2) is 0 Å². The summed E-state index contributed by atoms with van der Waals surface area (Å²) in [6, 6.07) is 0. The number of hydrogen-bond acceptors (Lipinski definition) is 3. The molecule has 1 atom stereocenters. The molecule has 108 valence electrons. The van der Waals surface area contributed by atoms with Crippen molar-refractivity contribution >= 4 is 11.8 Å².